The number of hydrogen-bond acceptors (Lipinski definition) is 4. The molecular formula is C24H19F3N4. The summed E-state index contributed by atoms with van der Waals surface area (Å²) in [6, 6.07) is 22.1. The number of nitrogens with zero attached hydrogens (tertiary/aromatic N) is 3. The molecule has 2 heterocycles. The van der Waals surface area contributed by atoms with Gasteiger partial charge < -0.3 is 5.32 Å². The van der Waals surface area contributed by atoms with E-state index in [0.29, 0.717) is 35.1 Å². The van der Waals surface area contributed by atoms with Crippen LogP contribution < -0.4 is 5.32 Å². The number of rotatable bonds is 6. The second-order valence-corrected chi connectivity index (χ2v) is 6.92. The van der Waals surface area contributed by atoms with Crippen LogP contribution >= 0.6 is 0 Å². The van der Waals surface area contributed by atoms with Gasteiger partial charge in [-0.15, -0.1) is 0 Å². The second kappa shape index (κ2) is 8.95. The molecule has 0 aliphatic rings. The maximum absolute atomic E-state index is 13.2. The van der Waals surface area contributed by atoms with Crippen LogP contribution in [0, 0.1) is 0 Å². The lowest BCUT2D eigenvalue weighted by atomic mass is 10.1. The first-order valence-electron chi connectivity index (χ1n) is 9.75. The van der Waals surface area contributed by atoms with Crippen LogP contribution in [0.4, 0.5) is 19.0 Å². The van der Waals surface area contributed by atoms with E-state index in [0.717, 1.165) is 18.6 Å². The first-order chi connectivity index (χ1) is 15.0. The average molecular weight is 420 g/mol. The quantitative estimate of drug-likeness (QED) is 0.423. The molecule has 0 spiro atoms. The SMILES string of the molecule is FC(F)(F)c1cccc(-c2cc(NCCc3ccccc3)nc(-c3ccccn3)n2)c1. The summed E-state index contributed by atoms with van der Waals surface area (Å²) in [5.41, 5.74) is 1.75. The van der Waals surface area contributed by atoms with Gasteiger partial charge in [0.1, 0.15) is 11.5 Å². The number of nitrogens with one attached hydrogen (secondary N) is 1. The van der Waals surface area contributed by atoms with Gasteiger partial charge in [-0.05, 0) is 36.2 Å². The average Bonchev–Trinajstić information content (AvgIpc) is 2.80. The molecule has 1 N–H and O–H groups in total. The molecule has 4 aromatic rings. The van der Waals surface area contributed by atoms with Crippen LogP contribution in [0.3, 0.4) is 0 Å². The standard InChI is InChI=1S/C24H19F3N4/c25-24(26,27)19-10-6-9-18(15-19)21-16-22(29-14-12-17-7-2-1-3-8-17)31-23(30-21)20-11-4-5-13-28-20/h1-11,13,15-16H,12,14H2,(H,29,30,31). The van der Waals surface area contributed by atoms with E-state index in [1.165, 1.54) is 11.6 Å². The zero-order chi connectivity index (χ0) is 21.7. The molecule has 0 amide bonds. The molecule has 31 heavy (non-hydrogen) atoms. The van der Waals surface area contributed by atoms with Crippen molar-refractivity contribution in [3.8, 4) is 22.8 Å². The molecular weight excluding hydrogens is 401 g/mol. The van der Waals surface area contributed by atoms with Gasteiger partial charge in [0.2, 0.25) is 0 Å². The van der Waals surface area contributed by atoms with E-state index < -0.39 is 11.7 Å². The molecule has 0 radical (unpaired) electrons. The number of anilines is 1. The lowest BCUT2D eigenvalue weighted by Gasteiger charge is -2.12. The van der Waals surface area contributed by atoms with Gasteiger partial charge in [0.15, 0.2) is 5.82 Å². The van der Waals surface area contributed by atoms with Crippen molar-refractivity contribution in [1.82, 2.24) is 15.0 Å². The highest BCUT2D eigenvalue weighted by Gasteiger charge is 2.30. The molecule has 2 aromatic heterocycles. The second-order valence-electron chi connectivity index (χ2n) is 6.92. The van der Waals surface area contributed by atoms with Gasteiger partial charge >= 0.3 is 6.18 Å². The van der Waals surface area contributed by atoms with Gasteiger partial charge in [-0.25, -0.2) is 9.97 Å². The van der Waals surface area contributed by atoms with Gasteiger partial charge in [-0.2, -0.15) is 13.2 Å². The number of halogens is 3. The summed E-state index contributed by atoms with van der Waals surface area (Å²) in [6.45, 7) is 0.616. The summed E-state index contributed by atoms with van der Waals surface area (Å²) in [5, 5.41) is 3.26. The van der Waals surface area contributed by atoms with Crippen molar-refractivity contribution >= 4 is 5.82 Å². The number of alkyl halides is 3. The van der Waals surface area contributed by atoms with Crippen molar-refractivity contribution in [2.75, 3.05) is 11.9 Å². The van der Waals surface area contributed by atoms with Crippen molar-refractivity contribution in [2.45, 2.75) is 12.6 Å². The zero-order valence-corrected chi connectivity index (χ0v) is 16.5. The zero-order valence-electron chi connectivity index (χ0n) is 16.5. The third-order valence-corrected chi connectivity index (χ3v) is 4.67. The summed E-state index contributed by atoms with van der Waals surface area (Å²) < 4.78 is 39.5. The van der Waals surface area contributed by atoms with Crippen LogP contribution in [0.25, 0.3) is 22.8 Å². The Balaban J connectivity index is 1.67. The summed E-state index contributed by atoms with van der Waals surface area (Å²) >= 11 is 0. The minimum atomic E-state index is -4.43. The Kier molecular flexibility index (Phi) is 5.93. The van der Waals surface area contributed by atoms with Crippen LogP contribution in [0.5, 0.6) is 0 Å². The third-order valence-electron chi connectivity index (χ3n) is 4.67. The lowest BCUT2D eigenvalue weighted by Crippen LogP contribution is -2.08. The molecule has 4 nitrogen and oxygen atoms in total. The van der Waals surface area contributed by atoms with E-state index in [1.807, 2.05) is 36.4 Å². The van der Waals surface area contributed by atoms with Gasteiger partial charge in [0.05, 0.1) is 11.3 Å². The van der Waals surface area contributed by atoms with Gasteiger partial charge in [0.25, 0.3) is 0 Å². The van der Waals surface area contributed by atoms with Crippen molar-refractivity contribution in [2.24, 2.45) is 0 Å². The Hall–Kier alpha value is -3.74. The largest absolute Gasteiger partial charge is 0.416 e. The summed E-state index contributed by atoms with van der Waals surface area (Å²) in [7, 11) is 0. The van der Waals surface area contributed by atoms with Crippen molar-refractivity contribution in [3.05, 3.63) is 96.2 Å². The molecule has 2 aromatic carbocycles. The Morgan fingerprint density at radius 3 is 2.32 bits per heavy atom. The first-order valence-corrected chi connectivity index (χ1v) is 9.75. The normalized spacial score (nSPS) is 11.3. The smallest absolute Gasteiger partial charge is 0.370 e. The lowest BCUT2D eigenvalue weighted by molar-refractivity contribution is -0.137. The number of aromatic nitrogens is 3. The fourth-order valence-corrected chi connectivity index (χ4v) is 3.13. The Morgan fingerprint density at radius 2 is 1.58 bits per heavy atom. The highest BCUT2D eigenvalue weighted by Crippen LogP contribution is 2.32. The van der Waals surface area contributed by atoms with Gasteiger partial charge in [-0.1, -0.05) is 48.5 Å². The molecule has 0 unspecified atom stereocenters. The highest BCUT2D eigenvalue weighted by molar-refractivity contribution is 5.67. The molecule has 0 bridgehead atoms. The Bertz CT molecular complexity index is 1150. The Morgan fingerprint density at radius 1 is 0.774 bits per heavy atom. The molecule has 0 atom stereocenters. The minimum absolute atomic E-state index is 0.345. The fourth-order valence-electron chi connectivity index (χ4n) is 3.13. The maximum atomic E-state index is 13.2. The van der Waals surface area contributed by atoms with Crippen LogP contribution in [-0.4, -0.2) is 21.5 Å². The molecule has 156 valence electrons. The highest BCUT2D eigenvalue weighted by atomic mass is 19.4. The maximum Gasteiger partial charge on any atom is 0.416 e. The monoisotopic (exact) mass is 420 g/mol. The van der Waals surface area contributed by atoms with Gasteiger partial charge in [0, 0.05) is 24.4 Å². The summed E-state index contributed by atoms with van der Waals surface area (Å²) in [6.07, 6.45) is -2.02. The summed E-state index contributed by atoms with van der Waals surface area (Å²) in [4.78, 5) is 13.3. The predicted molar refractivity (Wildman–Crippen MR) is 114 cm³/mol. The van der Waals surface area contributed by atoms with E-state index in [1.54, 1.807) is 30.5 Å². The molecule has 0 saturated heterocycles. The van der Waals surface area contributed by atoms with Crippen LogP contribution in [0.15, 0.2) is 85.1 Å². The van der Waals surface area contributed by atoms with E-state index in [-0.39, 0.29) is 0 Å². The Labute approximate surface area is 177 Å². The van der Waals surface area contributed by atoms with Crippen molar-refractivity contribution < 1.29 is 13.2 Å². The first kappa shape index (κ1) is 20.5. The van der Waals surface area contributed by atoms with Crippen LogP contribution in [0.1, 0.15) is 11.1 Å². The van der Waals surface area contributed by atoms with Crippen molar-refractivity contribution in [3.63, 3.8) is 0 Å². The number of pyridine rings is 1. The number of benzene rings is 2. The van der Waals surface area contributed by atoms with Crippen LogP contribution in [0.2, 0.25) is 0 Å². The van der Waals surface area contributed by atoms with E-state index in [2.05, 4.69) is 20.3 Å². The topological polar surface area (TPSA) is 50.7 Å². The molecule has 0 aliphatic carbocycles. The number of hydrogen-bond donors (Lipinski definition) is 1. The van der Waals surface area contributed by atoms with Crippen LogP contribution in [-0.2, 0) is 12.6 Å². The van der Waals surface area contributed by atoms with Gasteiger partial charge in [-0.3, -0.25) is 4.98 Å². The molecule has 4 rings (SSSR count). The molecule has 0 fully saturated rings. The van der Waals surface area contributed by atoms with E-state index in [4.69, 9.17) is 0 Å². The van der Waals surface area contributed by atoms with Crippen molar-refractivity contribution in [1.29, 1.82) is 0 Å². The van der Waals surface area contributed by atoms with E-state index in [9.17, 15) is 13.2 Å². The summed E-state index contributed by atoms with van der Waals surface area (Å²) in [5.74, 6) is 0.872. The minimum Gasteiger partial charge on any atom is -0.370 e. The molecule has 7 heteroatoms. The molecule has 0 saturated carbocycles. The predicted octanol–water partition coefficient (Wildman–Crippen LogP) is 5.88. The van der Waals surface area contributed by atoms with E-state index >= 15 is 0 Å². The fraction of sp³-hybridized carbons (Fsp3) is 0.125. The third kappa shape index (κ3) is 5.25. The molecule has 0 aliphatic heterocycles.